The van der Waals surface area contributed by atoms with Crippen LogP contribution in [0.15, 0.2) is 49.1 Å². The molecule has 0 spiro atoms. The van der Waals surface area contributed by atoms with Crippen LogP contribution < -0.4 is 4.74 Å². The first kappa shape index (κ1) is 31.4. The number of methoxy groups -OCH3 is 1. The largest absolute Gasteiger partial charge is 0.495 e. The number of hydrogen-bond acceptors (Lipinski definition) is 6. The minimum atomic E-state index is -0.377. The fourth-order valence-corrected chi connectivity index (χ4v) is 3.40. The summed E-state index contributed by atoms with van der Waals surface area (Å²) in [4.78, 5) is 11.9. The van der Waals surface area contributed by atoms with Crippen LogP contribution in [0.1, 0.15) is 64.3 Å². The summed E-state index contributed by atoms with van der Waals surface area (Å²) in [6.45, 7) is 18.2. The highest BCUT2D eigenvalue weighted by atomic mass is 19.1. The predicted molar refractivity (Wildman–Crippen MR) is 149 cm³/mol. The van der Waals surface area contributed by atoms with Crippen molar-refractivity contribution in [2.75, 3.05) is 7.11 Å². The van der Waals surface area contributed by atoms with E-state index >= 15 is 0 Å². The topological polar surface area (TPSA) is 78.6 Å². The Morgan fingerprint density at radius 2 is 1.54 bits per heavy atom. The zero-order valence-electron chi connectivity index (χ0n) is 23.9. The molecule has 0 radical (unpaired) electrons. The summed E-state index contributed by atoms with van der Waals surface area (Å²) in [6, 6.07) is 7.95. The maximum Gasteiger partial charge on any atom is 0.170 e. The zero-order chi connectivity index (χ0) is 28.0. The molecule has 37 heavy (non-hydrogen) atoms. The Morgan fingerprint density at radius 3 is 2.11 bits per heavy atom. The summed E-state index contributed by atoms with van der Waals surface area (Å²) in [7, 11) is 1.67. The van der Waals surface area contributed by atoms with Crippen molar-refractivity contribution >= 4 is 0 Å². The molecule has 0 unspecified atom stereocenters. The van der Waals surface area contributed by atoms with E-state index in [2.05, 4.69) is 52.0 Å². The molecule has 0 N–H and O–H groups in total. The molecule has 0 amide bonds. The second kappa shape index (κ2) is 16.1. The highest BCUT2D eigenvalue weighted by molar-refractivity contribution is 5.64. The van der Waals surface area contributed by atoms with E-state index in [-0.39, 0.29) is 5.82 Å². The maximum atomic E-state index is 12.3. The van der Waals surface area contributed by atoms with Gasteiger partial charge in [-0.3, -0.25) is 9.55 Å². The van der Waals surface area contributed by atoms with Crippen LogP contribution in [0.5, 0.6) is 5.75 Å². The molecule has 0 saturated heterocycles. The Labute approximate surface area is 221 Å². The fraction of sp³-hybridized carbons (Fsp3) is 0.414. The van der Waals surface area contributed by atoms with Crippen molar-refractivity contribution in [3.05, 3.63) is 77.6 Å². The van der Waals surface area contributed by atoms with Crippen molar-refractivity contribution in [2.45, 2.75) is 68.7 Å². The lowest BCUT2D eigenvalue weighted by atomic mass is 10.1. The summed E-state index contributed by atoms with van der Waals surface area (Å²) in [5, 5.41) is 8.61. The summed E-state index contributed by atoms with van der Waals surface area (Å²) >= 11 is 0. The normalized spacial score (nSPS) is 9.84. The van der Waals surface area contributed by atoms with E-state index in [0.29, 0.717) is 11.7 Å². The van der Waals surface area contributed by atoms with Gasteiger partial charge in [0.15, 0.2) is 11.6 Å². The molecular weight excluding hydrogens is 467 g/mol. The average molecular weight is 509 g/mol. The standard InChI is InChI=1S/C17H18N4O.C8H11FN2.2C2H6/c1-11-8-9-18-10-14(11)17-20-19-13(3)21(17)16-12(2)6-5-7-15(16)22-4;1-6(2)3-8-10-4-7(9)5-11-8;2*1-2/h5-10H,1-4H3;4-6H,3H2,1-2H3;2*1-2H3. The molecule has 1 aromatic carbocycles. The minimum absolute atomic E-state index is 0.377. The summed E-state index contributed by atoms with van der Waals surface area (Å²) in [6.07, 6.45) is 6.80. The quantitative estimate of drug-likeness (QED) is 0.285. The molecule has 0 bridgehead atoms. The monoisotopic (exact) mass is 508 g/mol. The number of aryl methyl sites for hydroxylation is 3. The third-order valence-corrected chi connectivity index (χ3v) is 5.01. The number of pyridine rings is 1. The number of ether oxygens (including phenoxy) is 1. The van der Waals surface area contributed by atoms with Crippen LogP contribution in [0.2, 0.25) is 0 Å². The van der Waals surface area contributed by atoms with E-state index in [9.17, 15) is 4.39 Å². The van der Waals surface area contributed by atoms with Crippen LogP contribution in [0.25, 0.3) is 17.1 Å². The molecule has 0 saturated carbocycles. The molecule has 4 aromatic rings. The fourth-order valence-electron chi connectivity index (χ4n) is 3.40. The summed E-state index contributed by atoms with van der Waals surface area (Å²) in [5.74, 6) is 3.23. The van der Waals surface area contributed by atoms with Crippen LogP contribution in [0.4, 0.5) is 4.39 Å². The van der Waals surface area contributed by atoms with Crippen molar-refractivity contribution in [3.63, 3.8) is 0 Å². The molecule has 0 atom stereocenters. The van der Waals surface area contributed by atoms with Gasteiger partial charge in [0.25, 0.3) is 0 Å². The van der Waals surface area contributed by atoms with Crippen LogP contribution in [0, 0.1) is 32.5 Å². The Balaban J connectivity index is 0.000000385. The number of aromatic nitrogens is 6. The number of hydrogen-bond donors (Lipinski definition) is 0. The second-order valence-corrected chi connectivity index (χ2v) is 8.14. The number of nitrogens with zero attached hydrogens (tertiary/aromatic N) is 6. The first-order valence-electron chi connectivity index (χ1n) is 12.7. The summed E-state index contributed by atoms with van der Waals surface area (Å²) in [5.41, 5.74) is 4.14. The van der Waals surface area contributed by atoms with E-state index in [0.717, 1.165) is 46.2 Å². The first-order valence-corrected chi connectivity index (χ1v) is 12.7. The molecule has 0 aliphatic carbocycles. The van der Waals surface area contributed by atoms with Gasteiger partial charge in [-0.15, -0.1) is 10.2 Å². The number of para-hydroxylation sites is 1. The van der Waals surface area contributed by atoms with E-state index < -0.39 is 0 Å². The third-order valence-electron chi connectivity index (χ3n) is 5.01. The molecule has 8 heteroatoms. The smallest absolute Gasteiger partial charge is 0.170 e. The summed E-state index contributed by atoms with van der Waals surface area (Å²) < 4.78 is 19.9. The molecule has 4 rings (SSSR count). The molecule has 0 aliphatic heterocycles. The molecule has 3 heterocycles. The highest BCUT2D eigenvalue weighted by Gasteiger charge is 2.19. The minimum Gasteiger partial charge on any atom is -0.495 e. The van der Waals surface area contributed by atoms with Crippen molar-refractivity contribution in [3.8, 4) is 22.8 Å². The van der Waals surface area contributed by atoms with Gasteiger partial charge in [-0.2, -0.15) is 0 Å². The van der Waals surface area contributed by atoms with Crippen molar-refractivity contribution in [1.82, 2.24) is 29.7 Å². The van der Waals surface area contributed by atoms with Crippen molar-refractivity contribution in [1.29, 1.82) is 0 Å². The number of benzene rings is 1. The molecule has 0 aliphatic rings. The molecular formula is C29H41FN6O. The van der Waals surface area contributed by atoms with Gasteiger partial charge in [0.05, 0.1) is 25.2 Å². The number of rotatable bonds is 5. The highest BCUT2D eigenvalue weighted by Crippen LogP contribution is 2.32. The number of halogens is 1. The van der Waals surface area contributed by atoms with Gasteiger partial charge in [0.1, 0.15) is 17.4 Å². The second-order valence-electron chi connectivity index (χ2n) is 8.14. The van der Waals surface area contributed by atoms with Gasteiger partial charge in [-0.1, -0.05) is 53.7 Å². The molecule has 0 fully saturated rings. The van der Waals surface area contributed by atoms with Crippen molar-refractivity contribution < 1.29 is 9.13 Å². The van der Waals surface area contributed by atoms with E-state index in [1.807, 2.05) is 70.5 Å². The lowest BCUT2D eigenvalue weighted by molar-refractivity contribution is 0.412. The van der Waals surface area contributed by atoms with Gasteiger partial charge in [0, 0.05) is 24.4 Å². The Morgan fingerprint density at radius 1 is 0.892 bits per heavy atom. The maximum absolute atomic E-state index is 12.3. The SMILES string of the molecule is CC.CC.CC(C)Cc1ncc(F)cn1.COc1cccc(C)c1-n1c(C)nnc1-c1cnccc1C. The lowest BCUT2D eigenvalue weighted by Gasteiger charge is -2.16. The Bertz CT molecular complexity index is 1210. The Hall–Kier alpha value is -3.68. The van der Waals surface area contributed by atoms with Crippen LogP contribution in [-0.4, -0.2) is 36.8 Å². The average Bonchev–Trinajstić information content (AvgIpc) is 3.28. The van der Waals surface area contributed by atoms with Crippen molar-refractivity contribution in [2.24, 2.45) is 5.92 Å². The van der Waals surface area contributed by atoms with Gasteiger partial charge in [0.2, 0.25) is 0 Å². The van der Waals surface area contributed by atoms with Crippen LogP contribution >= 0.6 is 0 Å². The third kappa shape index (κ3) is 8.74. The van der Waals surface area contributed by atoms with Gasteiger partial charge in [-0.05, 0) is 49.9 Å². The van der Waals surface area contributed by atoms with Gasteiger partial charge < -0.3 is 4.74 Å². The molecule has 7 nitrogen and oxygen atoms in total. The van der Waals surface area contributed by atoms with E-state index in [4.69, 9.17) is 4.74 Å². The van der Waals surface area contributed by atoms with Crippen LogP contribution in [0.3, 0.4) is 0 Å². The lowest BCUT2D eigenvalue weighted by Crippen LogP contribution is -2.05. The molecule has 3 aromatic heterocycles. The van der Waals surface area contributed by atoms with Crippen LogP contribution in [-0.2, 0) is 6.42 Å². The van der Waals surface area contributed by atoms with Gasteiger partial charge >= 0.3 is 0 Å². The van der Waals surface area contributed by atoms with E-state index in [1.54, 1.807) is 13.3 Å². The zero-order valence-corrected chi connectivity index (χ0v) is 23.9. The Kier molecular flexibility index (Phi) is 13.7. The first-order chi connectivity index (χ1) is 17.8. The van der Waals surface area contributed by atoms with Gasteiger partial charge in [-0.25, -0.2) is 14.4 Å². The van der Waals surface area contributed by atoms with E-state index in [1.165, 1.54) is 12.4 Å². The molecule has 200 valence electrons. The predicted octanol–water partition coefficient (Wildman–Crippen LogP) is 7.13.